The van der Waals surface area contributed by atoms with Gasteiger partial charge in [-0.1, -0.05) is 11.6 Å². The molecule has 0 saturated heterocycles. The predicted octanol–water partition coefficient (Wildman–Crippen LogP) is 2.10. The van der Waals surface area contributed by atoms with Crippen molar-refractivity contribution in [2.45, 2.75) is 17.2 Å². The Labute approximate surface area is 123 Å². The van der Waals surface area contributed by atoms with Crippen molar-refractivity contribution < 1.29 is 46.3 Å². The topological polar surface area (TPSA) is 74.0 Å². The second-order valence-electron chi connectivity index (χ2n) is 3.87. The molecule has 0 aromatic heterocycles. The molecule has 0 radical (unpaired) electrons. The van der Waals surface area contributed by atoms with Crippen molar-refractivity contribution in [3.63, 3.8) is 0 Å². The number of alkyl halides is 7. The highest BCUT2D eigenvalue weighted by molar-refractivity contribution is 6.35. The number of rotatable bonds is 3. The van der Waals surface area contributed by atoms with Gasteiger partial charge in [-0.3, -0.25) is 0 Å². The van der Waals surface area contributed by atoms with E-state index in [9.17, 15) is 36.3 Å². The number of esters is 1. The van der Waals surface area contributed by atoms with E-state index in [1.54, 1.807) is 0 Å². The molecule has 1 atom stereocenters. The minimum atomic E-state index is -6.15. The van der Waals surface area contributed by atoms with Crippen molar-refractivity contribution in [1.29, 1.82) is 0 Å². The Balaban J connectivity index is 3.08. The molecule has 0 amide bonds. The van der Waals surface area contributed by atoms with E-state index in [-0.39, 0.29) is 5.69 Å². The van der Waals surface area contributed by atoms with Crippen LogP contribution in [-0.2, 0) is 4.79 Å². The van der Waals surface area contributed by atoms with E-state index in [0.29, 0.717) is 12.1 Å². The summed E-state index contributed by atoms with van der Waals surface area (Å²) in [5.41, 5.74) is -0.316. The number of ether oxygens (including phenoxy) is 1. The SMILES string of the molecule is O=C(Oc1ccc([NH+]([O-])O)cc1)C(Cl)(C(F)(F)F)C(F)(F)F. The van der Waals surface area contributed by atoms with Crippen LogP contribution in [0.5, 0.6) is 5.75 Å². The van der Waals surface area contributed by atoms with Crippen molar-refractivity contribution in [1.82, 2.24) is 0 Å². The lowest BCUT2D eigenvalue weighted by atomic mass is 10.1. The molecular weight excluding hydrogens is 348 g/mol. The Bertz CT molecular complexity index is 528. The van der Waals surface area contributed by atoms with Gasteiger partial charge in [0.25, 0.3) is 0 Å². The van der Waals surface area contributed by atoms with Gasteiger partial charge >= 0.3 is 23.2 Å². The number of benzene rings is 1. The van der Waals surface area contributed by atoms with E-state index in [1.807, 2.05) is 0 Å². The molecule has 0 aliphatic heterocycles. The van der Waals surface area contributed by atoms with Crippen molar-refractivity contribution in [3.8, 4) is 5.75 Å². The van der Waals surface area contributed by atoms with Crippen LogP contribution < -0.4 is 9.96 Å². The number of carbonyl (C=O) groups excluding carboxylic acids is 1. The van der Waals surface area contributed by atoms with Crippen LogP contribution in [0.25, 0.3) is 0 Å². The third kappa shape index (κ3) is 3.43. The molecule has 0 fully saturated rings. The van der Waals surface area contributed by atoms with Gasteiger partial charge in [-0.2, -0.15) is 31.6 Å². The maximum absolute atomic E-state index is 12.5. The predicted molar refractivity (Wildman–Crippen MR) is 58.5 cm³/mol. The summed E-state index contributed by atoms with van der Waals surface area (Å²) in [7, 11) is 0. The van der Waals surface area contributed by atoms with Gasteiger partial charge in [0.1, 0.15) is 5.75 Å². The third-order valence-corrected chi connectivity index (χ3v) is 2.96. The second kappa shape index (κ2) is 5.91. The van der Waals surface area contributed by atoms with Crippen LogP contribution in [0.4, 0.5) is 32.0 Å². The minimum absolute atomic E-state index is 0.316. The summed E-state index contributed by atoms with van der Waals surface area (Å²) >= 11 is 4.45. The molecule has 5 nitrogen and oxygen atoms in total. The molecule has 1 aromatic carbocycles. The van der Waals surface area contributed by atoms with Crippen molar-refractivity contribution in [3.05, 3.63) is 29.5 Å². The molecular formula is C10H6ClF6NO4. The van der Waals surface area contributed by atoms with Crippen LogP contribution >= 0.6 is 11.6 Å². The summed E-state index contributed by atoms with van der Waals surface area (Å²) in [6.45, 7) is 0. The molecule has 0 aliphatic rings. The summed E-state index contributed by atoms with van der Waals surface area (Å²) in [5, 5.41) is 17.7. The van der Waals surface area contributed by atoms with Gasteiger partial charge in [-0.05, 0) is 12.1 Å². The molecule has 2 N–H and O–H groups in total. The number of hydrogen-bond acceptors (Lipinski definition) is 4. The van der Waals surface area contributed by atoms with E-state index in [1.165, 1.54) is 0 Å². The van der Waals surface area contributed by atoms with Gasteiger partial charge in [-0.25, -0.2) is 10.0 Å². The highest BCUT2D eigenvalue weighted by Crippen LogP contribution is 2.48. The molecule has 0 aliphatic carbocycles. The fourth-order valence-corrected chi connectivity index (χ4v) is 1.27. The second-order valence-corrected chi connectivity index (χ2v) is 4.44. The molecule has 1 aromatic rings. The highest BCUT2D eigenvalue weighted by Gasteiger charge is 2.76. The molecule has 12 heteroatoms. The Morgan fingerprint density at radius 2 is 1.50 bits per heavy atom. The van der Waals surface area contributed by atoms with Gasteiger partial charge in [0.2, 0.25) is 0 Å². The zero-order chi connectivity index (χ0) is 17.3. The lowest BCUT2D eigenvalue weighted by Crippen LogP contribution is -2.99. The summed E-state index contributed by atoms with van der Waals surface area (Å²) in [5.74, 6) is -3.52. The number of carbonyl (C=O) groups is 1. The van der Waals surface area contributed by atoms with E-state index < -0.39 is 34.2 Å². The summed E-state index contributed by atoms with van der Waals surface area (Å²) in [4.78, 5) is 6.01. The largest absolute Gasteiger partial charge is 0.595 e. The Morgan fingerprint density at radius 1 is 1.09 bits per heavy atom. The van der Waals surface area contributed by atoms with Crippen molar-refractivity contribution in [2.75, 3.05) is 0 Å². The van der Waals surface area contributed by atoms with E-state index in [4.69, 9.17) is 5.21 Å². The Kier molecular flexibility index (Phi) is 4.97. The smallest absolute Gasteiger partial charge is 0.427 e. The van der Waals surface area contributed by atoms with E-state index >= 15 is 0 Å². The van der Waals surface area contributed by atoms with Crippen LogP contribution in [-0.4, -0.2) is 28.4 Å². The lowest BCUT2D eigenvalue weighted by molar-refractivity contribution is -0.991. The normalized spacial score (nSPS) is 14.6. The summed E-state index contributed by atoms with van der Waals surface area (Å²) in [6, 6.07) is 3.07. The standard InChI is InChI=1S/C10H6ClF6NO4/c11-8(9(12,13)14,10(15,16)17)7(19)22-6-3-1-5(2-4-6)18(20)21/h1-4,18,20H. The first kappa shape index (κ1) is 18.5. The first-order valence-corrected chi connectivity index (χ1v) is 5.56. The van der Waals surface area contributed by atoms with Crippen LogP contribution in [0.1, 0.15) is 0 Å². The molecule has 22 heavy (non-hydrogen) atoms. The first-order chi connectivity index (χ1) is 9.80. The third-order valence-electron chi connectivity index (χ3n) is 2.37. The van der Waals surface area contributed by atoms with Gasteiger partial charge in [0, 0.05) is 12.1 Å². The van der Waals surface area contributed by atoms with Crippen LogP contribution in [0.3, 0.4) is 0 Å². The van der Waals surface area contributed by atoms with Gasteiger partial charge < -0.3 is 9.94 Å². The van der Waals surface area contributed by atoms with Crippen molar-refractivity contribution in [2.24, 2.45) is 0 Å². The van der Waals surface area contributed by atoms with Gasteiger partial charge in [0.15, 0.2) is 5.69 Å². The van der Waals surface area contributed by atoms with Gasteiger partial charge in [0.05, 0.1) is 0 Å². The number of nitrogens with one attached hydrogen (secondary N) is 1. The summed E-state index contributed by atoms with van der Waals surface area (Å²) in [6.07, 6.45) is -12.3. The zero-order valence-corrected chi connectivity index (χ0v) is 10.9. The van der Waals surface area contributed by atoms with Crippen LogP contribution in [0.15, 0.2) is 24.3 Å². The van der Waals surface area contributed by atoms with Gasteiger partial charge in [-0.15, -0.1) is 0 Å². The lowest BCUT2D eigenvalue weighted by Gasteiger charge is -2.29. The quantitative estimate of drug-likeness (QED) is 0.287. The summed E-state index contributed by atoms with van der Waals surface area (Å²) < 4.78 is 78.9. The van der Waals surface area contributed by atoms with Crippen LogP contribution in [0, 0.1) is 5.21 Å². The fourth-order valence-electron chi connectivity index (χ4n) is 1.24. The van der Waals surface area contributed by atoms with E-state index in [0.717, 1.165) is 12.1 Å². The molecule has 1 unspecified atom stereocenters. The fraction of sp³-hybridized carbons (Fsp3) is 0.300. The maximum atomic E-state index is 12.5. The number of hydrogen-bond donors (Lipinski definition) is 2. The minimum Gasteiger partial charge on any atom is -0.595 e. The average molecular weight is 354 g/mol. The zero-order valence-electron chi connectivity index (χ0n) is 10.1. The molecule has 1 rings (SSSR count). The number of halogens is 7. The maximum Gasteiger partial charge on any atom is 0.427 e. The average Bonchev–Trinajstić information content (AvgIpc) is 2.35. The van der Waals surface area contributed by atoms with Crippen molar-refractivity contribution >= 4 is 23.3 Å². The molecule has 0 heterocycles. The molecule has 0 spiro atoms. The molecule has 124 valence electrons. The van der Waals surface area contributed by atoms with E-state index in [2.05, 4.69) is 16.3 Å². The first-order valence-electron chi connectivity index (χ1n) is 5.18. The Hall–Kier alpha value is -1.56. The van der Waals surface area contributed by atoms with Crippen LogP contribution in [0.2, 0.25) is 0 Å². The highest BCUT2D eigenvalue weighted by atomic mass is 35.5. The monoisotopic (exact) mass is 353 g/mol. The number of quaternary nitrogens is 1. The molecule has 0 saturated carbocycles. The Morgan fingerprint density at radius 3 is 1.82 bits per heavy atom. The molecule has 0 bridgehead atoms.